The molecule has 0 aromatic heterocycles. The van der Waals surface area contributed by atoms with Gasteiger partial charge in [-0.2, -0.15) is 13.2 Å². The normalized spacial score (nSPS) is 15.3. The van der Waals surface area contributed by atoms with E-state index in [2.05, 4.69) is 15.9 Å². The number of halogens is 6. The molecule has 3 nitrogen and oxygen atoms in total. The van der Waals surface area contributed by atoms with Crippen molar-refractivity contribution < 1.29 is 31.9 Å². The zero-order chi connectivity index (χ0) is 18.0. The summed E-state index contributed by atoms with van der Waals surface area (Å²) < 4.78 is 66.7. The van der Waals surface area contributed by atoms with E-state index >= 15 is 0 Å². The van der Waals surface area contributed by atoms with Gasteiger partial charge in [-0.1, -0.05) is 6.07 Å². The van der Waals surface area contributed by atoms with Gasteiger partial charge in [0.1, 0.15) is 23.6 Å². The summed E-state index contributed by atoms with van der Waals surface area (Å²) in [6.45, 7) is 2.12. The number of nitrogens with one attached hydrogen (secondary N) is 1. The van der Waals surface area contributed by atoms with Crippen molar-refractivity contribution in [3.8, 4) is 0 Å². The average Bonchev–Trinajstić information content (AvgIpc) is 2.35. The highest BCUT2D eigenvalue weighted by Gasteiger charge is 2.44. The molecule has 0 heterocycles. The maximum absolute atomic E-state index is 13.6. The van der Waals surface area contributed by atoms with E-state index in [1.165, 1.54) is 0 Å². The van der Waals surface area contributed by atoms with Crippen LogP contribution in [0.5, 0.6) is 0 Å². The zero-order valence-corrected chi connectivity index (χ0v) is 13.8. The van der Waals surface area contributed by atoms with Crippen molar-refractivity contribution in [1.29, 1.82) is 0 Å². The molecule has 1 aromatic carbocycles. The number of aliphatic carboxylic acids is 1. The first-order valence-corrected chi connectivity index (χ1v) is 7.30. The fraction of sp³-hybridized carbons (Fsp3) is 0.500. The number of carboxylic acid groups (broad SMARTS) is 1. The van der Waals surface area contributed by atoms with Crippen LogP contribution in [0.15, 0.2) is 22.7 Å². The van der Waals surface area contributed by atoms with Crippen LogP contribution in [0, 0.1) is 5.82 Å². The van der Waals surface area contributed by atoms with E-state index in [0.717, 1.165) is 26.0 Å². The molecule has 1 aromatic rings. The largest absolute Gasteiger partial charge is 0.480 e. The van der Waals surface area contributed by atoms with Crippen molar-refractivity contribution >= 4 is 21.9 Å². The average molecular weight is 404 g/mol. The Morgan fingerprint density at radius 1 is 1.30 bits per heavy atom. The van der Waals surface area contributed by atoms with E-state index in [0.29, 0.717) is 6.07 Å². The summed E-state index contributed by atoms with van der Waals surface area (Å²) in [6, 6.07) is -1.48. The maximum atomic E-state index is 13.6. The van der Waals surface area contributed by atoms with Crippen molar-refractivity contribution in [2.45, 2.75) is 44.2 Å². The molecular formula is C14H15BrF5NO2. The Morgan fingerprint density at radius 2 is 1.87 bits per heavy atom. The third kappa shape index (κ3) is 6.06. The Labute approximate surface area is 138 Å². The number of carbonyl (C=O) groups is 1. The lowest BCUT2D eigenvalue weighted by molar-refractivity contribution is -0.164. The van der Waals surface area contributed by atoms with Crippen LogP contribution in [0.1, 0.15) is 31.9 Å². The van der Waals surface area contributed by atoms with Gasteiger partial charge in [0.15, 0.2) is 0 Å². The third-order valence-electron chi connectivity index (χ3n) is 2.96. The fourth-order valence-corrected chi connectivity index (χ4v) is 2.22. The number of alkyl halides is 4. The van der Waals surface area contributed by atoms with Crippen LogP contribution in [0.2, 0.25) is 0 Å². The number of benzene rings is 1. The van der Waals surface area contributed by atoms with Crippen LogP contribution in [0.4, 0.5) is 22.0 Å². The summed E-state index contributed by atoms with van der Waals surface area (Å²) in [7, 11) is 0. The van der Waals surface area contributed by atoms with Gasteiger partial charge in [-0.05, 0) is 47.5 Å². The summed E-state index contributed by atoms with van der Waals surface area (Å²) in [5.74, 6) is -2.54. The summed E-state index contributed by atoms with van der Waals surface area (Å²) in [6.07, 6.45) is -5.55. The maximum Gasteiger partial charge on any atom is 0.407 e. The molecule has 0 aliphatic heterocycles. The highest BCUT2D eigenvalue weighted by Crippen LogP contribution is 2.35. The Hall–Kier alpha value is -1.22. The minimum atomic E-state index is -4.88. The lowest BCUT2D eigenvalue weighted by atomic mass is 9.98. The minimum Gasteiger partial charge on any atom is -0.480 e. The van der Waals surface area contributed by atoms with E-state index < -0.39 is 47.7 Å². The second-order valence-corrected chi connectivity index (χ2v) is 6.48. The van der Waals surface area contributed by atoms with Crippen LogP contribution in [0.3, 0.4) is 0 Å². The quantitative estimate of drug-likeness (QED) is 0.693. The number of hydrogen-bond donors (Lipinski definition) is 2. The fourth-order valence-electron chi connectivity index (χ4n) is 1.98. The van der Waals surface area contributed by atoms with E-state index in [1.807, 2.05) is 5.32 Å². The molecule has 2 atom stereocenters. The van der Waals surface area contributed by atoms with Gasteiger partial charge >= 0.3 is 12.1 Å². The molecule has 0 saturated carbocycles. The second kappa shape index (κ2) is 7.12. The van der Waals surface area contributed by atoms with Crippen molar-refractivity contribution in [2.24, 2.45) is 0 Å². The summed E-state index contributed by atoms with van der Waals surface area (Å²) in [4.78, 5) is 11.1. The van der Waals surface area contributed by atoms with Gasteiger partial charge in [0.05, 0.1) is 4.47 Å². The Morgan fingerprint density at radius 3 is 2.26 bits per heavy atom. The number of rotatable bonds is 6. The van der Waals surface area contributed by atoms with Crippen LogP contribution in [-0.4, -0.2) is 29.0 Å². The molecule has 2 N–H and O–H groups in total. The van der Waals surface area contributed by atoms with Crippen molar-refractivity contribution in [3.05, 3.63) is 34.1 Å². The van der Waals surface area contributed by atoms with Gasteiger partial charge in [0.2, 0.25) is 0 Å². The first kappa shape index (κ1) is 19.8. The van der Waals surface area contributed by atoms with Crippen molar-refractivity contribution in [2.75, 3.05) is 0 Å². The standard InChI is InChI=1S/C14H15BrF5NO2/c1-13(2,17)6-10(12(22)23)21-11(14(18,19)20)7-3-4-8(15)9(16)5-7/h3-5,10-11,21H,6H2,1-2H3,(H,22,23). The van der Waals surface area contributed by atoms with E-state index in [-0.39, 0.29) is 4.47 Å². The summed E-state index contributed by atoms with van der Waals surface area (Å²) in [5.41, 5.74) is -2.49. The molecule has 0 bridgehead atoms. The lowest BCUT2D eigenvalue weighted by Gasteiger charge is -2.28. The zero-order valence-electron chi connectivity index (χ0n) is 12.2. The molecule has 0 radical (unpaired) electrons. The summed E-state index contributed by atoms with van der Waals surface area (Å²) in [5, 5.41) is 10.9. The van der Waals surface area contributed by atoms with E-state index in [9.17, 15) is 26.7 Å². The van der Waals surface area contributed by atoms with Gasteiger partial charge in [-0.15, -0.1) is 0 Å². The van der Waals surface area contributed by atoms with Gasteiger partial charge in [0, 0.05) is 6.42 Å². The molecule has 2 unspecified atom stereocenters. The predicted octanol–water partition coefficient (Wildman–Crippen LogP) is 4.37. The second-order valence-electron chi connectivity index (χ2n) is 5.63. The predicted molar refractivity (Wildman–Crippen MR) is 77.3 cm³/mol. The van der Waals surface area contributed by atoms with Gasteiger partial charge < -0.3 is 5.11 Å². The molecule has 0 aliphatic rings. The lowest BCUT2D eigenvalue weighted by Crippen LogP contribution is -2.47. The minimum absolute atomic E-state index is 0.0261. The summed E-state index contributed by atoms with van der Waals surface area (Å²) >= 11 is 2.82. The van der Waals surface area contributed by atoms with Crippen molar-refractivity contribution in [3.63, 3.8) is 0 Å². The van der Waals surface area contributed by atoms with Gasteiger partial charge in [-0.3, -0.25) is 10.1 Å². The number of carboxylic acids is 1. The van der Waals surface area contributed by atoms with Crippen LogP contribution in [-0.2, 0) is 4.79 Å². The molecule has 0 saturated heterocycles. The first-order valence-electron chi connectivity index (χ1n) is 6.50. The van der Waals surface area contributed by atoms with Gasteiger partial charge in [0.25, 0.3) is 0 Å². The molecule has 0 spiro atoms. The molecular weight excluding hydrogens is 389 g/mol. The van der Waals surface area contributed by atoms with Gasteiger partial charge in [-0.25, -0.2) is 8.78 Å². The Kier molecular flexibility index (Phi) is 6.14. The highest BCUT2D eigenvalue weighted by atomic mass is 79.9. The molecule has 0 aliphatic carbocycles. The van der Waals surface area contributed by atoms with Crippen LogP contribution in [0.25, 0.3) is 0 Å². The molecule has 0 amide bonds. The Bertz CT molecular complexity index is 571. The van der Waals surface area contributed by atoms with Crippen molar-refractivity contribution in [1.82, 2.24) is 5.32 Å². The molecule has 0 fully saturated rings. The Balaban J connectivity index is 3.16. The molecule has 9 heteroatoms. The highest BCUT2D eigenvalue weighted by molar-refractivity contribution is 9.10. The molecule has 23 heavy (non-hydrogen) atoms. The topological polar surface area (TPSA) is 49.3 Å². The SMILES string of the molecule is CC(C)(F)CC(NC(c1ccc(Br)c(F)c1)C(F)(F)F)C(=O)O. The molecule has 1 rings (SSSR count). The third-order valence-corrected chi connectivity index (χ3v) is 3.60. The number of hydrogen-bond acceptors (Lipinski definition) is 2. The van der Waals surface area contributed by atoms with Crippen LogP contribution < -0.4 is 5.32 Å². The van der Waals surface area contributed by atoms with E-state index in [1.54, 1.807) is 0 Å². The monoisotopic (exact) mass is 403 g/mol. The smallest absolute Gasteiger partial charge is 0.407 e. The molecule has 130 valence electrons. The van der Waals surface area contributed by atoms with Crippen LogP contribution >= 0.6 is 15.9 Å². The first-order chi connectivity index (χ1) is 10.3. The van der Waals surface area contributed by atoms with E-state index in [4.69, 9.17) is 5.11 Å².